The molecule has 0 radical (unpaired) electrons. The van der Waals surface area contributed by atoms with Gasteiger partial charge in [0.25, 0.3) is 0 Å². The van der Waals surface area contributed by atoms with Gasteiger partial charge in [0.05, 0.1) is 23.8 Å². The second-order valence-electron chi connectivity index (χ2n) is 7.03. The number of nitrogens with zero attached hydrogens (tertiary/aromatic N) is 5. The number of alkyl halides is 1. The smallest absolute Gasteiger partial charge is 0.347 e. The number of aliphatic hydroxyl groups is 1. The minimum atomic E-state index is -1.07. The van der Waals surface area contributed by atoms with Crippen molar-refractivity contribution in [2.24, 2.45) is 0 Å². The summed E-state index contributed by atoms with van der Waals surface area (Å²) in [4.78, 5) is 30.9. The van der Waals surface area contributed by atoms with Gasteiger partial charge in [-0.25, -0.2) is 18.3 Å². The van der Waals surface area contributed by atoms with E-state index in [2.05, 4.69) is 10.1 Å². The van der Waals surface area contributed by atoms with E-state index in [9.17, 15) is 23.5 Å². The third-order valence-electron chi connectivity index (χ3n) is 5.13. The SMILES string of the molecule is O=C([C@@H]1CC[C@@H](O)c2nn(Cc3ncc(Cl)cc3F)c(=O)n21)N1CC[C@H](F)C1. The Balaban J connectivity index is 1.67. The molecule has 3 atom stereocenters. The van der Waals surface area contributed by atoms with E-state index in [1.165, 1.54) is 11.1 Å². The lowest BCUT2D eigenvalue weighted by Gasteiger charge is -2.28. The summed E-state index contributed by atoms with van der Waals surface area (Å²) in [5.74, 6) is -1.02. The van der Waals surface area contributed by atoms with E-state index in [1.807, 2.05) is 0 Å². The topological polar surface area (TPSA) is 93.2 Å². The molecule has 2 aliphatic heterocycles. The predicted octanol–water partition coefficient (Wildman–Crippen LogP) is 1.22. The molecule has 0 aliphatic carbocycles. The molecule has 150 valence electrons. The summed E-state index contributed by atoms with van der Waals surface area (Å²) in [5.41, 5.74) is -0.696. The number of carbonyl (C=O) groups is 1. The summed E-state index contributed by atoms with van der Waals surface area (Å²) in [6.45, 7) is 0.0128. The van der Waals surface area contributed by atoms with Crippen LogP contribution < -0.4 is 5.69 Å². The Hall–Kier alpha value is -2.33. The molecule has 1 amide bonds. The first-order chi connectivity index (χ1) is 13.3. The lowest BCUT2D eigenvalue weighted by Crippen LogP contribution is -2.42. The standard InChI is InChI=1S/C17H18ClF2N5O3/c18-9-5-11(20)12(21-6-9)8-24-17(28)25-13(1-2-14(26)15(25)22-24)16(27)23-4-3-10(19)7-23/h5-6,10,13-14,26H,1-4,7-8H2/t10-,13-,14+/m0/s1. The number of rotatable bonds is 3. The zero-order valence-corrected chi connectivity index (χ0v) is 15.5. The Kier molecular flexibility index (Phi) is 4.92. The molecule has 1 fully saturated rings. The van der Waals surface area contributed by atoms with E-state index in [4.69, 9.17) is 11.6 Å². The number of amides is 1. The molecule has 0 spiro atoms. The van der Waals surface area contributed by atoms with Gasteiger partial charge >= 0.3 is 5.69 Å². The Morgan fingerprint density at radius 3 is 2.82 bits per heavy atom. The lowest BCUT2D eigenvalue weighted by molar-refractivity contribution is -0.135. The Labute approximate surface area is 163 Å². The van der Waals surface area contributed by atoms with Crippen LogP contribution in [-0.2, 0) is 11.3 Å². The summed E-state index contributed by atoms with van der Waals surface area (Å²) in [6, 6.07) is 0.209. The number of hydrogen-bond donors (Lipinski definition) is 1. The highest BCUT2D eigenvalue weighted by atomic mass is 35.5. The van der Waals surface area contributed by atoms with Crippen LogP contribution >= 0.6 is 11.6 Å². The van der Waals surface area contributed by atoms with Crippen molar-refractivity contribution in [2.45, 2.75) is 44.1 Å². The van der Waals surface area contributed by atoms with Crippen LogP contribution in [0.2, 0.25) is 5.02 Å². The number of halogens is 3. The summed E-state index contributed by atoms with van der Waals surface area (Å²) in [7, 11) is 0. The third kappa shape index (κ3) is 3.30. The second-order valence-corrected chi connectivity index (χ2v) is 7.47. The van der Waals surface area contributed by atoms with Gasteiger partial charge in [-0.05, 0) is 25.3 Å². The molecule has 2 aromatic heterocycles. The van der Waals surface area contributed by atoms with Gasteiger partial charge in [0, 0.05) is 12.7 Å². The zero-order chi connectivity index (χ0) is 20.0. The molecule has 1 saturated heterocycles. The van der Waals surface area contributed by atoms with Gasteiger partial charge in [-0.15, -0.1) is 0 Å². The van der Waals surface area contributed by atoms with E-state index in [0.717, 1.165) is 15.3 Å². The predicted molar refractivity (Wildman–Crippen MR) is 94.1 cm³/mol. The highest BCUT2D eigenvalue weighted by molar-refractivity contribution is 6.30. The van der Waals surface area contributed by atoms with Crippen LogP contribution in [0.15, 0.2) is 17.1 Å². The van der Waals surface area contributed by atoms with Crippen molar-refractivity contribution in [3.63, 3.8) is 0 Å². The van der Waals surface area contributed by atoms with Crippen LogP contribution in [0.3, 0.4) is 0 Å². The fourth-order valence-corrected chi connectivity index (χ4v) is 3.84. The van der Waals surface area contributed by atoms with Crippen molar-refractivity contribution in [1.82, 2.24) is 24.2 Å². The molecule has 2 aromatic rings. The Morgan fingerprint density at radius 1 is 1.36 bits per heavy atom. The Morgan fingerprint density at radius 2 is 2.14 bits per heavy atom. The first-order valence-corrected chi connectivity index (χ1v) is 9.33. The summed E-state index contributed by atoms with van der Waals surface area (Å²) in [6.07, 6.45) is -0.0936. The molecule has 0 unspecified atom stereocenters. The van der Waals surface area contributed by atoms with Gasteiger partial charge in [0.15, 0.2) is 5.82 Å². The molecule has 28 heavy (non-hydrogen) atoms. The van der Waals surface area contributed by atoms with E-state index in [-0.39, 0.29) is 61.3 Å². The van der Waals surface area contributed by atoms with Crippen LogP contribution in [0.4, 0.5) is 8.78 Å². The van der Waals surface area contributed by atoms with Crippen molar-refractivity contribution >= 4 is 17.5 Å². The normalized spacial score (nSPS) is 24.4. The van der Waals surface area contributed by atoms with E-state index in [0.29, 0.717) is 0 Å². The zero-order valence-electron chi connectivity index (χ0n) is 14.8. The van der Waals surface area contributed by atoms with Crippen molar-refractivity contribution in [3.05, 3.63) is 45.1 Å². The quantitative estimate of drug-likeness (QED) is 0.816. The fourth-order valence-electron chi connectivity index (χ4n) is 3.70. The minimum Gasteiger partial charge on any atom is -0.385 e. The van der Waals surface area contributed by atoms with Crippen molar-refractivity contribution < 1.29 is 18.7 Å². The van der Waals surface area contributed by atoms with Crippen molar-refractivity contribution in [2.75, 3.05) is 13.1 Å². The maximum atomic E-state index is 14.0. The number of hydrogen-bond acceptors (Lipinski definition) is 5. The molecular weight excluding hydrogens is 396 g/mol. The fraction of sp³-hybridized carbons (Fsp3) is 0.529. The second kappa shape index (κ2) is 7.25. The number of fused-ring (bicyclic) bond motifs is 1. The molecule has 1 N–H and O–H groups in total. The number of aliphatic hydroxyl groups excluding tert-OH is 1. The molecule has 0 aromatic carbocycles. The highest BCUT2D eigenvalue weighted by Crippen LogP contribution is 2.31. The van der Waals surface area contributed by atoms with Gasteiger partial charge in [-0.1, -0.05) is 11.6 Å². The van der Waals surface area contributed by atoms with Gasteiger partial charge in [0.1, 0.15) is 24.1 Å². The summed E-state index contributed by atoms with van der Waals surface area (Å²) in [5, 5.41) is 14.5. The number of pyridine rings is 1. The number of aromatic nitrogens is 4. The van der Waals surface area contributed by atoms with Gasteiger partial charge in [-0.2, -0.15) is 5.10 Å². The molecule has 0 bridgehead atoms. The van der Waals surface area contributed by atoms with Crippen molar-refractivity contribution in [3.8, 4) is 0 Å². The van der Waals surface area contributed by atoms with Crippen molar-refractivity contribution in [1.29, 1.82) is 0 Å². The monoisotopic (exact) mass is 413 g/mol. The average molecular weight is 414 g/mol. The highest BCUT2D eigenvalue weighted by Gasteiger charge is 2.38. The van der Waals surface area contributed by atoms with E-state index >= 15 is 0 Å². The first-order valence-electron chi connectivity index (χ1n) is 8.95. The first kappa shape index (κ1) is 19.0. The molecule has 0 saturated carbocycles. The summed E-state index contributed by atoms with van der Waals surface area (Å²) >= 11 is 5.69. The van der Waals surface area contributed by atoms with Gasteiger partial charge < -0.3 is 10.0 Å². The van der Waals surface area contributed by atoms with Crippen LogP contribution in [-0.4, -0.2) is 54.5 Å². The summed E-state index contributed by atoms with van der Waals surface area (Å²) < 4.78 is 29.6. The van der Waals surface area contributed by atoms with Gasteiger partial charge in [-0.3, -0.25) is 14.3 Å². The minimum absolute atomic E-state index is 0.00395. The third-order valence-corrected chi connectivity index (χ3v) is 5.34. The largest absolute Gasteiger partial charge is 0.385 e. The average Bonchev–Trinajstić information content (AvgIpc) is 3.22. The van der Waals surface area contributed by atoms with Crippen LogP contribution in [0.25, 0.3) is 0 Å². The maximum absolute atomic E-state index is 14.0. The maximum Gasteiger partial charge on any atom is 0.347 e. The van der Waals surface area contributed by atoms with Crippen LogP contribution in [0, 0.1) is 5.82 Å². The van der Waals surface area contributed by atoms with Crippen LogP contribution in [0.5, 0.6) is 0 Å². The molecular formula is C17H18ClF2N5O3. The number of carbonyl (C=O) groups excluding carboxylic acids is 1. The van der Waals surface area contributed by atoms with E-state index in [1.54, 1.807) is 0 Å². The molecule has 8 nitrogen and oxygen atoms in total. The Bertz CT molecular complexity index is 978. The van der Waals surface area contributed by atoms with E-state index < -0.39 is 29.8 Å². The number of likely N-dealkylation sites (tertiary alicyclic amines) is 1. The molecule has 4 heterocycles. The van der Waals surface area contributed by atoms with Crippen LogP contribution in [0.1, 0.15) is 42.9 Å². The van der Waals surface area contributed by atoms with Gasteiger partial charge in [0.2, 0.25) is 5.91 Å². The molecule has 11 heteroatoms. The lowest BCUT2D eigenvalue weighted by atomic mass is 10.0. The molecule has 2 aliphatic rings. The molecule has 4 rings (SSSR count).